The van der Waals surface area contributed by atoms with E-state index < -0.39 is 5.82 Å². The smallest absolute Gasteiger partial charge is 0.253 e. The molecule has 0 aliphatic heterocycles. The second-order valence-corrected chi connectivity index (χ2v) is 3.15. The third-order valence-electron chi connectivity index (χ3n) is 1.97. The fraction of sp³-hybridized carbons (Fsp3) is 0.0909. The minimum atomic E-state index is -0.536. The first kappa shape index (κ1) is 10.4. The minimum absolute atomic E-state index is 0.187. The van der Waals surface area contributed by atoms with Gasteiger partial charge in [-0.05, 0) is 18.2 Å². The number of carbonyl (C=O) groups is 1. The van der Waals surface area contributed by atoms with Gasteiger partial charge in [-0.1, -0.05) is 0 Å². The summed E-state index contributed by atoms with van der Waals surface area (Å²) in [5, 5.41) is 2.59. The van der Waals surface area contributed by atoms with E-state index in [0.717, 1.165) is 12.3 Å². The molecule has 2 aromatic heterocycles. The van der Waals surface area contributed by atoms with E-state index in [1.165, 1.54) is 12.5 Å². The Balaban J connectivity index is 1.98. The van der Waals surface area contributed by atoms with Crippen molar-refractivity contribution in [3.05, 3.63) is 54.0 Å². The first-order chi connectivity index (χ1) is 7.75. The average Bonchev–Trinajstić information content (AvgIpc) is 2.78. The van der Waals surface area contributed by atoms with Crippen LogP contribution in [0.5, 0.6) is 0 Å². The molecular weight excluding hydrogens is 211 g/mol. The molecule has 0 aromatic carbocycles. The molecule has 4 nitrogen and oxygen atoms in total. The molecule has 82 valence electrons. The predicted molar refractivity (Wildman–Crippen MR) is 54.1 cm³/mol. The number of pyridine rings is 1. The largest absolute Gasteiger partial charge is 0.467 e. The zero-order valence-electron chi connectivity index (χ0n) is 8.31. The van der Waals surface area contributed by atoms with Crippen LogP contribution < -0.4 is 5.32 Å². The maximum absolute atomic E-state index is 12.8. The predicted octanol–water partition coefficient (Wildman–Crippen LogP) is 1.74. The van der Waals surface area contributed by atoms with Gasteiger partial charge in [-0.3, -0.25) is 9.78 Å². The van der Waals surface area contributed by atoms with Gasteiger partial charge in [0.25, 0.3) is 5.91 Å². The summed E-state index contributed by atoms with van der Waals surface area (Å²) in [6.07, 6.45) is 3.87. The standard InChI is InChI=1S/C11H9FN2O2/c12-9-4-8(5-13-6-9)11(15)14-7-10-2-1-3-16-10/h1-6H,7H2,(H,14,15). The van der Waals surface area contributed by atoms with Crippen LogP contribution in [0.1, 0.15) is 16.1 Å². The van der Waals surface area contributed by atoms with Crippen LogP contribution in [-0.4, -0.2) is 10.9 Å². The van der Waals surface area contributed by atoms with E-state index >= 15 is 0 Å². The van der Waals surface area contributed by atoms with Gasteiger partial charge >= 0.3 is 0 Å². The molecule has 2 heterocycles. The van der Waals surface area contributed by atoms with E-state index in [9.17, 15) is 9.18 Å². The van der Waals surface area contributed by atoms with Crippen molar-refractivity contribution >= 4 is 5.91 Å². The summed E-state index contributed by atoms with van der Waals surface area (Å²) >= 11 is 0. The number of furan rings is 1. The van der Waals surface area contributed by atoms with Crippen LogP contribution in [0.15, 0.2) is 41.3 Å². The summed E-state index contributed by atoms with van der Waals surface area (Å²) in [6, 6.07) is 4.60. The van der Waals surface area contributed by atoms with E-state index in [1.807, 2.05) is 0 Å². The summed E-state index contributed by atoms with van der Waals surface area (Å²) in [4.78, 5) is 15.1. The minimum Gasteiger partial charge on any atom is -0.467 e. The van der Waals surface area contributed by atoms with Crippen LogP contribution in [0.4, 0.5) is 4.39 Å². The van der Waals surface area contributed by atoms with Crippen LogP contribution in [0.2, 0.25) is 0 Å². The van der Waals surface area contributed by atoms with Gasteiger partial charge in [-0.2, -0.15) is 0 Å². The number of rotatable bonds is 3. The van der Waals surface area contributed by atoms with Crippen molar-refractivity contribution < 1.29 is 13.6 Å². The molecular formula is C11H9FN2O2. The van der Waals surface area contributed by atoms with Gasteiger partial charge in [0.15, 0.2) is 0 Å². The first-order valence-electron chi connectivity index (χ1n) is 4.67. The Bertz CT molecular complexity index is 482. The third kappa shape index (κ3) is 2.44. The number of hydrogen-bond donors (Lipinski definition) is 1. The highest BCUT2D eigenvalue weighted by atomic mass is 19.1. The van der Waals surface area contributed by atoms with E-state index in [-0.39, 0.29) is 18.0 Å². The Morgan fingerprint density at radius 2 is 2.38 bits per heavy atom. The van der Waals surface area contributed by atoms with Crippen LogP contribution in [-0.2, 0) is 6.54 Å². The van der Waals surface area contributed by atoms with E-state index in [4.69, 9.17) is 4.42 Å². The maximum atomic E-state index is 12.8. The molecule has 0 fully saturated rings. The summed E-state index contributed by atoms with van der Waals surface area (Å²) in [7, 11) is 0. The lowest BCUT2D eigenvalue weighted by atomic mass is 10.2. The van der Waals surface area contributed by atoms with Gasteiger partial charge in [0.2, 0.25) is 0 Å². The van der Waals surface area contributed by atoms with Crippen molar-refractivity contribution in [2.24, 2.45) is 0 Å². The number of hydrogen-bond acceptors (Lipinski definition) is 3. The Labute approximate surface area is 91.1 Å². The van der Waals surface area contributed by atoms with Crippen LogP contribution in [0.3, 0.4) is 0 Å². The van der Waals surface area contributed by atoms with Crippen molar-refractivity contribution in [1.29, 1.82) is 0 Å². The van der Waals surface area contributed by atoms with Crippen molar-refractivity contribution in [3.8, 4) is 0 Å². The topological polar surface area (TPSA) is 55.1 Å². The monoisotopic (exact) mass is 220 g/mol. The Morgan fingerprint density at radius 1 is 1.50 bits per heavy atom. The molecule has 2 aromatic rings. The highest BCUT2D eigenvalue weighted by molar-refractivity contribution is 5.93. The zero-order valence-corrected chi connectivity index (χ0v) is 8.31. The lowest BCUT2D eigenvalue weighted by Gasteiger charge is -2.02. The molecule has 0 aliphatic rings. The second-order valence-electron chi connectivity index (χ2n) is 3.15. The molecule has 2 rings (SSSR count). The normalized spacial score (nSPS) is 10.1. The summed E-state index contributed by atoms with van der Waals surface area (Å²) in [5.41, 5.74) is 0.187. The van der Waals surface area contributed by atoms with Crippen LogP contribution >= 0.6 is 0 Å². The highest BCUT2D eigenvalue weighted by Gasteiger charge is 2.07. The van der Waals surface area contributed by atoms with E-state index in [2.05, 4.69) is 10.3 Å². The van der Waals surface area contributed by atoms with Gasteiger partial charge in [-0.25, -0.2) is 4.39 Å². The SMILES string of the molecule is O=C(NCc1ccco1)c1cncc(F)c1. The van der Waals surface area contributed by atoms with Crippen molar-refractivity contribution in [2.45, 2.75) is 6.54 Å². The third-order valence-corrected chi connectivity index (χ3v) is 1.97. The number of carbonyl (C=O) groups excluding carboxylic acids is 1. The van der Waals surface area contributed by atoms with E-state index in [1.54, 1.807) is 12.1 Å². The molecule has 0 spiro atoms. The Morgan fingerprint density at radius 3 is 3.06 bits per heavy atom. The molecule has 1 amide bonds. The fourth-order valence-corrected chi connectivity index (χ4v) is 1.22. The number of amides is 1. The van der Waals surface area contributed by atoms with E-state index in [0.29, 0.717) is 5.76 Å². The lowest BCUT2D eigenvalue weighted by molar-refractivity contribution is 0.0947. The molecule has 0 unspecified atom stereocenters. The molecule has 0 radical (unpaired) electrons. The molecule has 16 heavy (non-hydrogen) atoms. The number of nitrogens with one attached hydrogen (secondary N) is 1. The van der Waals surface area contributed by atoms with Crippen molar-refractivity contribution in [3.63, 3.8) is 0 Å². The lowest BCUT2D eigenvalue weighted by Crippen LogP contribution is -2.22. The first-order valence-corrected chi connectivity index (χ1v) is 4.67. The van der Waals surface area contributed by atoms with Gasteiger partial charge in [0, 0.05) is 6.20 Å². The zero-order chi connectivity index (χ0) is 11.4. The summed E-state index contributed by atoms with van der Waals surface area (Å²) in [5.74, 6) is -0.285. The van der Waals surface area contributed by atoms with Gasteiger partial charge in [-0.15, -0.1) is 0 Å². The second kappa shape index (κ2) is 4.57. The molecule has 5 heteroatoms. The van der Waals surface area contributed by atoms with Gasteiger partial charge in [0.1, 0.15) is 11.6 Å². The van der Waals surface area contributed by atoms with Crippen molar-refractivity contribution in [2.75, 3.05) is 0 Å². The highest BCUT2D eigenvalue weighted by Crippen LogP contribution is 2.02. The number of aromatic nitrogens is 1. The van der Waals surface area contributed by atoms with Gasteiger partial charge in [0.05, 0.1) is 24.6 Å². The quantitative estimate of drug-likeness (QED) is 0.857. The average molecular weight is 220 g/mol. The molecule has 0 aliphatic carbocycles. The number of nitrogens with zero attached hydrogens (tertiary/aromatic N) is 1. The summed E-state index contributed by atoms with van der Waals surface area (Å²) in [6.45, 7) is 0.266. The van der Waals surface area contributed by atoms with Crippen LogP contribution in [0, 0.1) is 5.82 Å². The molecule has 1 N–H and O–H groups in total. The molecule has 0 saturated carbocycles. The molecule has 0 saturated heterocycles. The Kier molecular flexibility index (Phi) is 2.95. The number of halogens is 1. The Hall–Kier alpha value is -2.17. The van der Waals surface area contributed by atoms with Gasteiger partial charge < -0.3 is 9.73 Å². The molecule has 0 atom stereocenters. The van der Waals surface area contributed by atoms with Crippen LogP contribution in [0.25, 0.3) is 0 Å². The molecule has 0 bridgehead atoms. The summed E-state index contributed by atoms with van der Waals surface area (Å²) < 4.78 is 17.8. The fourth-order valence-electron chi connectivity index (χ4n) is 1.22. The van der Waals surface area contributed by atoms with Crippen molar-refractivity contribution in [1.82, 2.24) is 10.3 Å². The maximum Gasteiger partial charge on any atom is 0.253 e.